The average Bonchev–Trinajstić information content (AvgIpc) is 2.90. The maximum Gasteiger partial charge on any atom is 0.172 e. The van der Waals surface area contributed by atoms with Crippen molar-refractivity contribution < 1.29 is 18.3 Å². The van der Waals surface area contributed by atoms with E-state index in [9.17, 15) is 13.6 Å². The zero-order valence-corrected chi connectivity index (χ0v) is 11.5. The molecule has 0 fully saturated rings. The van der Waals surface area contributed by atoms with Crippen molar-refractivity contribution in [3.63, 3.8) is 0 Å². The minimum absolute atomic E-state index is 0.0660. The summed E-state index contributed by atoms with van der Waals surface area (Å²) >= 11 is 0. The van der Waals surface area contributed by atoms with Crippen LogP contribution < -0.4 is 4.74 Å². The Balaban J connectivity index is 1.91. The van der Waals surface area contributed by atoms with Crippen molar-refractivity contribution in [1.82, 2.24) is 0 Å². The summed E-state index contributed by atoms with van der Waals surface area (Å²) in [4.78, 5) is 12.4. The number of halogens is 2. The second kappa shape index (κ2) is 5.28. The molecule has 0 saturated heterocycles. The normalized spacial score (nSPS) is 14.0. The Hall–Kier alpha value is -2.23. The van der Waals surface area contributed by atoms with Crippen molar-refractivity contribution >= 4 is 5.78 Å². The standard InChI is InChI=1S/C17H14F2O2/c1-21-13-8-14(18)16(15(19)9-13)17(20)12-6-10-4-2-3-5-11(10)7-12/h2-5,8-9,12H,6-7H2,1H3. The van der Waals surface area contributed by atoms with Crippen molar-refractivity contribution in [2.75, 3.05) is 7.11 Å². The molecule has 0 atom stereocenters. The molecule has 108 valence electrons. The number of ether oxygens (including phenoxy) is 1. The summed E-state index contributed by atoms with van der Waals surface area (Å²) in [7, 11) is 1.32. The minimum atomic E-state index is -0.868. The van der Waals surface area contributed by atoms with Crippen LogP contribution in [0.25, 0.3) is 0 Å². The number of hydrogen-bond acceptors (Lipinski definition) is 2. The molecule has 0 saturated carbocycles. The number of methoxy groups -OCH3 is 1. The first-order valence-electron chi connectivity index (χ1n) is 6.74. The lowest BCUT2D eigenvalue weighted by Gasteiger charge is -2.11. The lowest BCUT2D eigenvalue weighted by molar-refractivity contribution is 0.0916. The van der Waals surface area contributed by atoms with E-state index in [1.807, 2.05) is 24.3 Å². The molecule has 1 aliphatic carbocycles. The number of rotatable bonds is 3. The van der Waals surface area contributed by atoms with Gasteiger partial charge in [0.05, 0.1) is 12.7 Å². The fourth-order valence-electron chi connectivity index (χ4n) is 2.85. The van der Waals surface area contributed by atoms with Crippen LogP contribution in [0.15, 0.2) is 36.4 Å². The molecule has 2 nitrogen and oxygen atoms in total. The molecular formula is C17H14F2O2. The summed E-state index contributed by atoms with van der Waals surface area (Å²) in [5.74, 6) is -2.56. The predicted octanol–water partition coefficient (Wildman–Crippen LogP) is 3.57. The first-order valence-corrected chi connectivity index (χ1v) is 6.74. The summed E-state index contributed by atoms with van der Waals surface area (Å²) in [6.07, 6.45) is 1.06. The van der Waals surface area contributed by atoms with Gasteiger partial charge in [-0.3, -0.25) is 4.79 Å². The van der Waals surface area contributed by atoms with E-state index in [0.29, 0.717) is 12.8 Å². The van der Waals surface area contributed by atoms with Crippen LogP contribution in [0.1, 0.15) is 21.5 Å². The molecule has 2 aromatic rings. The maximum absolute atomic E-state index is 14.0. The van der Waals surface area contributed by atoms with E-state index < -0.39 is 28.9 Å². The molecule has 3 rings (SSSR count). The smallest absolute Gasteiger partial charge is 0.172 e. The molecular weight excluding hydrogens is 274 g/mol. The molecule has 0 N–H and O–H groups in total. The molecule has 21 heavy (non-hydrogen) atoms. The lowest BCUT2D eigenvalue weighted by Crippen LogP contribution is -2.18. The predicted molar refractivity (Wildman–Crippen MR) is 74.6 cm³/mol. The number of hydrogen-bond donors (Lipinski definition) is 0. The summed E-state index contributed by atoms with van der Waals surface area (Å²) in [6, 6.07) is 9.78. The van der Waals surface area contributed by atoms with Crippen molar-refractivity contribution in [2.24, 2.45) is 5.92 Å². The van der Waals surface area contributed by atoms with Crippen molar-refractivity contribution in [3.8, 4) is 5.75 Å². The van der Waals surface area contributed by atoms with E-state index in [0.717, 1.165) is 23.3 Å². The van der Waals surface area contributed by atoms with E-state index in [2.05, 4.69) is 0 Å². The van der Waals surface area contributed by atoms with Crippen LogP contribution in [0.2, 0.25) is 0 Å². The van der Waals surface area contributed by atoms with Gasteiger partial charge in [0.1, 0.15) is 17.4 Å². The highest BCUT2D eigenvalue weighted by Crippen LogP contribution is 2.31. The Morgan fingerprint density at radius 2 is 1.62 bits per heavy atom. The average molecular weight is 288 g/mol. The third-order valence-corrected chi connectivity index (χ3v) is 3.92. The Labute approximate surface area is 121 Å². The molecule has 0 unspecified atom stereocenters. The van der Waals surface area contributed by atoms with Crippen LogP contribution in [0.4, 0.5) is 8.78 Å². The molecule has 4 heteroatoms. The highest BCUT2D eigenvalue weighted by atomic mass is 19.1. The Morgan fingerprint density at radius 3 is 2.10 bits per heavy atom. The van der Waals surface area contributed by atoms with E-state index in [1.165, 1.54) is 7.11 Å². The molecule has 0 amide bonds. The second-order valence-electron chi connectivity index (χ2n) is 5.20. The van der Waals surface area contributed by atoms with Gasteiger partial charge >= 0.3 is 0 Å². The highest BCUT2D eigenvalue weighted by Gasteiger charge is 2.31. The molecule has 0 radical (unpaired) electrons. The molecule has 2 aromatic carbocycles. The van der Waals surface area contributed by atoms with E-state index in [1.54, 1.807) is 0 Å². The molecule has 0 aromatic heterocycles. The quantitative estimate of drug-likeness (QED) is 0.807. The van der Waals surface area contributed by atoms with Crippen LogP contribution in [-0.2, 0) is 12.8 Å². The molecule has 0 spiro atoms. The van der Waals surface area contributed by atoms with Gasteiger partial charge in [0, 0.05) is 18.1 Å². The molecule has 0 heterocycles. The number of Topliss-reactive ketones (excluding diaryl/α,β-unsaturated/α-hetero) is 1. The van der Waals surface area contributed by atoms with Crippen LogP contribution in [-0.4, -0.2) is 12.9 Å². The van der Waals surface area contributed by atoms with Crippen LogP contribution in [0.3, 0.4) is 0 Å². The van der Waals surface area contributed by atoms with Crippen molar-refractivity contribution in [3.05, 3.63) is 64.7 Å². The van der Waals surface area contributed by atoms with Gasteiger partial charge in [0.15, 0.2) is 5.78 Å². The molecule has 1 aliphatic rings. The van der Waals surface area contributed by atoms with E-state index in [-0.39, 0.29) is 5.75 Å². The number of carbonyl (C=O) groups is 1. The van der Waals surface area contributed by atoms with Crippen LogP contribution in [0.5, 0.6) is 5.75 Å². The number of ketones is 1. The number of fused-ring (bicyclic) bond motifs is 1. The number of carbonyl (C=O) groups excluding carboxylic acids is 1. The van der Waals surface area contributed by atoms with Crippen molar-refractivity contribution in [1.29, 1.82) is 0 Å². The summed E-state index contributed by atoms with van der Waals surface area (Å²) < 4.78 is 32.8. The Kier molecular flexibility index (Phi) is 3.45. The fraction of sp³-hybridized carbons (Fsp3) is 0.235. The summed E-state index contributed by atoms with van der Waals surface area (Å²) in [5.41, 5.74) is 1.68. The fourth-order valence-corrected chi connectivity index (χ4v) is 2.85. The zero-order chi connectivity index (χ0) is 15.0. The summed E-state index contributed by atoms with van der Waals surface area (Å²) in [5, 5.41) is 0. The third kappa shape index (κ3) is 2.42. The Morgan fingerprint density at radius 1 is 1.10 bits per heavy atom. The topological polar surface area (TPSA) is 26.3 Å². The van der Waals surface area contributed by atoms with E-state index in [4.69, 9.17) is 4.74 Å². The van der Waals surface area contributed by atoms with Gasteiger partial charge in [-0.15, -0.1) is 0 Å². The van der Waals surface area contributed by atoms with Gasteiger partial charge in [-0.05, 0) is 24.0 Å². The largest absolute Gasteiger partial charge is 0.497 e. The van der Waals surface area contributed by atoms with E-state index >= 15 is 0 Å². The number of benzene rings is 2. The van der Waals surface area contributed by atoms with Crippen LogP contribution in [0, 0.1) is 17.6 Å². The third-order valence-electron chi connectivity index (χ3n) is 3.92. The maximum atomic E-state index is 14.0. The van der Waals surface area contributed by atoms with Crippen molar-refractivity contribution in [2.45, 2.75) is 12.8 Å². The second-order valence-corrected chi connectivity index (χ2v) is 5.20. The van der Waals surface area contributed by atoms with Crippen LogP contribution >= 0.6 is 0 Å². The highest BCUT2D eigenvalue weighted by molar-refractivity contribution is 5.99. The monoisotopic (exact) mass is 288 g/mol. The van der Waals surface area contributed by atoms with Gasteiger partial charge in [-0.1, -0.05) is 24.3 Å². The summed E-state index contributed by atoms with van der Waals surface area (Å²) in [6.45, 7) is 0. The first-order chi connectivity index (χ1) is 10.1. The van der Waals surface area contributed by atoms with Gasteiger partial charge in [0.25, 0.3) is 0 Å². The lowest BCUT2D eigenvalue weighted by atomic mass is 9.94. The van der Waals surface area contributed by atoms with Gasteiger partial charge in [0.2, 0.25) is 0 Å². The van der Waals surface area contributed by atoms with Gasteiger partial charge in [-0.25, -0.2) is 8.78 Å². The van der Waals surface area contributed by atoms with Gasteiger partial charge in [-0.2, -0.15) is 0 Å². The minimum Gasteiger partial charge on any atom is -0.497 e. The molecule has 0 aliphatic heterocycles. The SMILES string of the molecule is COc1cc(F)c(C(=O)C2Cc3ccccc3C2)c(F)c1. The first kappa shape index (κ1) is 13.7. The Bertz CT molecular complexity index is 662. The van der Waals surface area contributed by atoms with Gasteiger partial charge < -0.3 is 4.74 Å². The molecule has 0 bridgehead atoms. The zero-order valence-electron chi connectivity index (χ0n) is 11.5.